The Kier molecular flexibility index (Phi) is 2.74. The lowest BCUT2D eigenvalue weighted by Gasteiger charge is -2.40. The van der Waals surface area contributed by atoms with Crippen molar-refractivity contribution in [1.29, 1.82) is 0 Å². The third-order valence-electron chi connectivity index (χ3n) is 4.33. The summed E-state index contributed by atoms with van der Waals surface area (Å²) in [6.45, 7) is 2.25. The van der Waals surface area contributed by atoms with Gasteiger partial charge in [0.1, 0.15) is 17.1 Å². The molecule has 1 aliphatic heterocycles. The Morgan fingerprint density at radius 3 is 2.78 bits per heavy atom. The number of methoxy groups -OCH3 is 1. The number of fused-ring (bicyclic) bond motifs is 1. The molecule has 98 valence electrons. The average Bonchev–Trinajstić information content (AvgIpc) is 3.22. The summed E-state index contributed by atoms with van der Waals surface area (Å²) in [6.07, 6.45) is 3.64. The zero-order chi connectivity index (χ0) is 12.8. The highest BCUT2D eigenvalue weighted by molar-refractivity contribution is 5.44. The van der Waals surface area contributed by atoms with Gasteiger partial charge < -0.3 is 14.8 Å². The van der Waals surface area contributed by atoms with Gasteiger partial charge in [-0.3, -0.25) is 0 Å². The van der Waals surface area contributed by atoms with Crippen molar-refractivity contribution in [3.05, 3.63) is 23.8 Å². The number of hydrogen-bond acceptors (Lipinski definition) is 3. The maximum atomic E-state index is 6.28. The molecule has 2 unspecified atom stereocenters. The quantitative estimate of drug-likeness (QED) is 0.891. The molecule has 1 fully saturated rings. The molecule has 0 amide bonds. The van der Waals surface area contributed by atoms with E-state index in [1.165, 1.54) is 18.4 Å². The fraction of sp³-hybridized carbons (Fsp3) is 0.600. The molecule has 3 rings (SSSR count). The molecule has 0 saturated heterocycles. The second kappa shape index (κ2) is 4.16. The molecule has 0 radical (unpaired) electrons. The minimum atomic E-state index is -0.00470. The first-order valence-corrected chi connectivity index (χ1v) is 6.70. The largest absolute Gasteiger partial charge is 0.497 e. The van der Waals surface area contributed by atoms with E-state index in [4.69, 9.17) is 9.47 Å². The summed E-state index contributed by atoms with van der Waals surface area (Å²) in [7, 11) is 3.72. The van der Waals surface area contributed by atoms with Crippen LogP contribution in [0.1, 0.15) is 37.8 Å². The lowest BCUT2D eigenvalue weighted by molar-refractivity contribution is 0.0279. The molecule has 18 heavy (non-hydrogen) atoms. The van der Waals surface area contributed by atoms with E-state index in [1.807, 2.05) is 19.2 Å². The number of hydrogen-bond donors (Lipinski definition) is 1. The molecule has 1 heterocycles. The second-order valence-corrected chi connectivity index (χ2v) is 5.64. The highest BCUT2D eigenvalue weighted by Gasteiger charge is 2.47. The van der Waals surface area contributed by atoms with Crippen LogP contribution in [0.4, 0.5) is 0 Å². The van der Waals surface area contributed by atoms with Crippen LogP contribution in [0.25, 0.3) is 0 Å². The minimum Gasteiger partial charge on any atom is -0.497 e. The van der Waals surface area contributed by atoms with Crippen LogP contribution in [-0.2, 0) is 0 Å². The van der Waals surface area contributed by atoms with E-state index in [9.17, 15) is 0 Å². The molecule has 1 N–H and O–H groups in total. The Bertz CT molecular complexity index is 456. The van der Waals surface area contributed by atoms with Crippen molar-refractivity contribution in [2.75, 3.05) is 14.2 Å². The van der Waals surface area contributed by atoms with Crippen molar-refractivity contribution in [2.24, 2.45) is 5.92 Å². The van der Waals surface area contributed by atoms with Crippen molar-refractivity contribution >= 4 is 0 Å². The van der Waals surface area contributed by atoms with Crippen molar-refractivity contribution in [3.63, 3.8) is 0 Å². The molecule has 1 aromatic rings. The lowest BCUT2D eigenvalue weighted by Crippen LogP contribution is -2.42. The minimum absolute atomic E-state index is 0.00470. The fourth-order valence-corrected chi connectivity index (χ4v) is 3.03. The van der Waals surface area contributed by atoms with Gasteiger partial charge in [-0.15, -0.1) is 0 Å². The summed E-state index contributed by atoms with van der Waals surface area (Å²) in [6, 6.07) is 6.46. The summed E-state index contributed by atoms with van der Waals surface area (Å²) in [5.74, 6) is 2.63. The molecule has 1 aliphatic carbocycles. The summed E-state index contributed by atoms with van der Waals surface area (Å²) in [5.41, 5.74) is 1.21. The normalized spacial score (nSPS) is 30.5. The fourth-order valence-electron chi connectivity index (χ4n) is 3.03. The number of nitrogens with one attached hydrogen (secondary N) is 1. The molecular weight excluding hydrogens is 226 g/mol. The van der Waals surface area contributed by atoms with Gasteiger partial charge in [0.25, 0.3) is 0 Å². The van der Waals surface area contributed by atoms with E-state index in [1.54, 1.807) is 7.11 Å². The highest BCUT2D eigenvalue weighted by atomic mass is 16.5. The zero-order valence-electron chi connectivity index (χ0n) is 11.3. The maximum absolute atomic E-state index is 6.28. The van der Waals surface area contributed by atoms with E-state index < -0.39 is 0 Å². The van der Waals surface area contributed by atoms with Crippen molar-refractivity contribution in [3.8, 4) is 11.5 Å². The molecule has 1 saturated carbocycles. The Morgan fingerprint density at radius 1 is 1.39 bits per heavy atom. The first kappa shape index (κ1) is 11.8. The number of ether oxygens (including phenoxy) is 2. The van der Waals surface area contributed by atoms with E-state index in [2.05, 4.69) is 18.3 Å². The first-order valence-electron chi connectivity index (χ1n) is 6.70. The Morgan fingerprint density at radius 2 is 2.17 bits per heavy atom. The van der Waals surface area contributed by atoms with Crippen molar-refractivity contribution in [2.45, 2.75) is 37.8 Å². The van der Waals surface area contributed by atoms with Gasteiger partial charge in [-0.1, -0.05) is 0 Å². The van der Waals surface area contributed by atoms with Crippen molar-refractivity contribution in [1.82, 2.24) is 5.32 Å². The third-order valence-corrected chi connectivity index (χ3v) is 4.33. The molecule has 0 aromatic heterocycles. The Hall–Kier alpha value is -1.22. The maximum Gasteiger partial charge on any atom is 0.125 e. The number of benzene rings is 1. The van der Waals surface area contributed by atoms with Crippen LogP contribution in [0.3, 0.4) is 0 Å². The van der Waals surface area contributed by atoms with Gasteiger partial charge in [-0.2, -0.15) is 0 Å². The molecule has 0 spiro atoms. The Labute approximate surface area is 108 Å². The monoisotopic (exact) mass is 247 g/mol. The summed E-state index contributed by atoms with van der Waals surface area (Å²) in [4.78, 5) is 0. The second-order valence-electron chi connectivity index (χ2n) is 5.64. The topological polar surface area (TPSA) is 30.5 Å². The molecule has 2 aliphatic rings. The highest BCUT2D eigenvalue weighted by Crippen LogP contribution is 2.50. The van der Waals surface area contributed by atoms with Crippen LogP contribution >= 0.6 is 0 Å². The molecule has 2 atom stereocenters. The van der Waals surface area contributed by atoms with Crippen LogP contribution in [-0.4, -0.2) is 19.8 Å². The molecule has 0 bridgehead atoms. The van der Waals surface area contributed by atoms with Crippen LogP contribution in [0.15, 0.2) is 18.2 Å². The molecule has 3 nitrogen and oxygen atoms in total. The van der Waals surface area contributed by atoms with Gasteiger partial charge >= 0.3 is 0 Å². The van der Waals surface area contributed by atoms with Gasteiger partial charge in [0, 0.05) is 18.0 Å². The third kappa shape index (κ3) is 1.87. The summed E-state index contributed by atoms with van der Waals surface area (Å²) < 4.78 is 11.6. The SMILES string of the molecule is CNC1CC(C)(C2CC2)Oc2ccc(OC)cc21. The summed E-state index contributed by atoms with van der Waals surface area (Å²) in [5, 5.41) is 3.41. The van der Waals surface area contributed by atoms with Crippen molar-refractivity contribution < 1.29 is 9.47 Å². The van der Waals surface area contributed by atoms with Gasteiger partial charge in [-0.25, -0.2) is 0 Å². The molecule has 1 aromatic carbocycles. The van der Waals surface area contributed by atoms with E-state index >= 15 is 0 Å². The predicted molar refractivity (Wildman–Crippen MR) is 71.2 cm³/mol. The Balaban J connectivity index is 1.97. The molecule has 3 heteroatoms. The lowest BCUT2D eigenvalue weighted by atomic mass is 9.85. The van der Waals surface area contributed by atoms with E-state index in [-0.39, 0.29) is 5.60 Å². The zero-order valence-corrected chi connectivity index (χ0v) is 11.3. The predicted octanol–water partition coefficient (Wildman–Crippen LogP) is 2.91. The van der Waals surface area contributed by atoms with Crippen LogP contribution < -0.4 is 14.8 Å². The van der Waals surface area contributed by atoms with E-state index in [0.29, 0.717) is 6.04 Å². The van der Waals surface area contributed by atoms with Gasteiger partial charge in [-0.05, 0) is 50.9 Å². The van der Waals surface area contributed by atoms with Crippen LogP contribution in [0.5, 0.6) is 11.5 Å². The van der Waals surface area contributed by atoms with Gasteiger partial charge in [0.2, 0.25) is 0 Å². The van der Waals surface area contributed by atoms with E-state index in [0.717, 1.165) is 23.8 Å². The van der Waals surface area contributed by atoms with Crippen LogP contribution in [0, 0.1) is 5.92 Å². The smallest absolute Gasteiger partial charge is 0.125 e. The summed E-state index contributed by atoms with van der Waals surface area (Å²) >= 11 is 0. The van der Waals surface area contributed by atoms with Gasteiger partial charge in [0.15, 0.2) is 0 Å². The van der Waals surface area contributed by atoms with Gasteiger partial charge in [0.05, 0.1) is 7.11 Å². The van der Waals surface area contributed by atoms with Crippen LogP contribution in [0.2, 0.25) is 0 Å². The molecular formula is C15H21NO2. The standard InChI is InChI=1S/C15H21NO2/c1-15(10-4-5-10)9-13(16-2)12-8-11(17-3)6-7-14(12)18-15/h6-8,10,13,16H,4-5,9H2,1-3H3. The first-order chi connectivity index (χ1) is 8.66. The average molecular weight is 247 g/mol. The number of rotatable bonds is 3.